The third-order valence-electron chi connectivity index (χ3n) is 4.53. The molecule has 1 aliphatic heterocycles. The molecule has 0 saturated heterocycles. The number of nitro groups is 1. The van der Waals surface area contributed by atoms with Crippen LogP contribution in [0.25, 0.3) is 0 Å². The summed E-state index contributed by atoms with van der Waals surface area (Å²) in [5.41, 5.74) is 1.11. The molecule has 1 aromatic carbocycles. The first-order valence-electron chi connectivity index (χ1n) is 9.12. The SMILES string of the molecule is CCOC(=O)C1=C(C)N(CCC(F)(F)F)N=C(CC)C1c1cccc([N+](=O)[O-])c1. The van der Waals surface area contributed by atoms with E-state index in [-0.39, 0.29) is 23.6 Å². The Morgan fingerprint density at radius 1 is 1.34 bits per heavy atom. The van der Waals surface area contributed by atoms with Gasteiger partial charge in [-0.25, -0.2) is 4.79 Å². The maximum atomic E-state index is 12.7. The average Bonchev–Trinajstić information content (AvgIpc) is 2.66. The Kier molecular flexibility index (Phi) is 6.99. The van der Waals surface area contributed by atoms with Gasteiger partial charge in [0.15, 0.2) is 0 Å². The second-order valence-corrected chi connectivity index (χ2v) is 6.44. The summed E-state index contributed by atoms with van der Waals surface area (Å²) in [6, 6.07) is 5.79. The first-order chi connectivity index (χ1) is 13.6. The number of alkyl halides is 3. The van der Waals surface area contributed by atoms with Gasteiger partial charge < -0.3 is 4.74 Å². The van der Waals surface area contributed by atoms with Crippen LogP contribution in [-0.2, 0) is 9.53 Å². The third kappa shape index (κ3) is 5.33. The monoisotopic (exact) mass is 413 g/mol. The fourth-order valence-corrected chi connectivity index (χ4v) is 3.18. The lowest BCUT2D eigenvalue weighted by Gasteiger charge is -2.33. The molecule has 0 aliphatic carbocycles. The van der Waals surface area contributed by atoms with Gasteiger partial charge in [0.1, 0.15) is 0 Å². The molecule has 0 aromatic heterocycles. The summed E-state index contributed by atoms with van der Waals surface area (Å²) in [4.78, 5) is 23.3. The van der Waals surface area contributed by atoms with Crippen molar-refractivity contribution in [1.82, 2.24) is 5.01 Å². The smallest absolute Gasteiger partial charge is 0.390 e. The number of ether oxygens (including phenoxy) is 1. The van der Waals surface area contributed by atoms with Crippen LogP contribution in [-0.4, -0.2) is 40.9 Å². The standard InChI is InChI=1S/C19H22F3N3O4/c1-4-15-17(13-7-6-8-14(11-13)25(27)28)16(18(26)29-5-2)12(3)24(23-15)10-9-19(20,21)22/h6-8,11,17H,4-5,9-10H2,1-3H3. The summed E-state index contributed by atoms with van der Waals surface area (Å²) in [6.45, 7) is 4.52. The molecule has 2 rings (SSSR count). The fraction of sp³-hybridized carbons (Fsp3) is 0.474. The number of nitro benzene ring substituents is 1. The Balaban J connectivity index is 2.57. The van der Waals surface area contributed by atoms with Crippen LogP contribution >= 0.6 is 0 Å². The largest absolute Gasteiger partial charge is 0.463 e. The number of esters is 1. The number of allylic oxidation sites excluding steroid dienone is 1. The van der Waals surface area contributed by atoms with Gasteiger partial charge in [0, 0.05) is 24.4 Å². The zero-order valence-electron chi connectivity index (χ0n) is 16.3. The number of nitrogens with zero attached hydrogens (tertiary/aromatic N) is 3. The summed E-state index contributed by atoms with van der Waals surface area (Å²) >= 11 is 0. The topological polar surface area (TPSA) is 85.0 Å². The van der Waals surface area contributed by atoms with Crippen LogP contribution in [0.4, 0.5) is 18.9 Å². The highest BCUT2D eigenvalue weighted by Gasteiger charge is 2.37. The molecular weight excluding hydrogens is 391 g/mol. The molecule has 1 aliphatic rings. The Morgan fingerprint density at radius 3 is 2.59 bits per heavy atom. The van der Waals surface area contributed by atoms with Crippen LogP contribution in [0.5, 0.6) is 0 Å². The van der Waals surface area contributed by atoms with Gasteiger partial charge in [-0.1, -0.05) is 19.1 Å². The van der Waals surface area contributed by atoms with E-state index in [9.17, 15) is 28.1 Å². The van der Waals surface area contributed by atoms with E-state index in [1.807, 2.05) is 0 Å². The number of halogens is 3. The third-order valence-corrected chi connectivity index (χ3v) is 4.53. The second kappa shape index (κ2) is 9.06. The van der Waals surface area contributed by atoms with Crippen molar-refractivity contribution < 1.29 is 27.6 Å². The highest BCUT2D eigenvalue weighted by molar-refractivity contribution is 6.04. The molecule has 1 heterocycles. The van der Waals surface area contributed by atoms with E-state index in [2.05, 4.69) is 5.10 Å². The van der Waals surface area contributed by atoms with Gasteiger partial charge in [0.2, 0.25) is 0 Å². The predicted octanol–water partition coefficient (Wildman–Crippen LogP) is 4.55. The molecule has 0 bridgehead atoms. The van der Waals surface area contributed by atoms with Crippen LogP contribution < -0.4 is 0 Å². The molecule has 29 heavy (non-hydrogen) atoms. The van der Waals surface area contributed by atoms with Gasteiger partial charge in [-0.3, -0.25) is 15.1 Å². The van der Waals surface area contributed by atoms with Gasteiger partial charge >= 0.3 is 12.1 Å². The minimum Gasteiger partial charge on any atom is -0.463 e. The van der Waals surface area contributed by atoms with Gasteiger partial charge in [0.05, 0.1) is 35.2 Å². The Labute approximate surface area is 166 Å². The van der Waals surface area contributed by atoms with Crippen molar-refractivity contribution in [3.63, 3.8) is 0 Å². The van der Waals surface area contributed by atoms with Gasteiger partial charge in [-0.2, -0.15) is 18.3 Å². The molecule has 1 atom stereocenters. The lowest BCUT2D eigenvalue weighted by molar-refractivity contribution is -0.384. The molecule has 0 saturated carbocycles. The number of rotatable bonds is 7. The van der Waals surface area contributed by atoms with Gasteiger partial charge in [-0.05, 0) is 25.8 Å². The van der Waals surface area contributed by atoms with Crippen molar-refractivity contribution in [1.29, 1.82) is 0 Å². The summed E-state index contributed by atoms with van der Waals surface area (Å²) in [5, 5.41) is 16.6. The van der Waals surface area contributed by atoms with E-state index in [0.717, 1.165) is 5.01 Å². The zero-order chi connectivity index (χ0) is 21.8. The summed E-state index contributed by atoms with van der Waals surface area (Å²) < 4.78 is 43.3. The maximum absolute atomic E-state index is 12.7. The van der Waals surface area contributed by atoms with Crippen molar-refractivity contribution >= 4 is 17.4 Å². The van der Waals surface area contributed by atoms with Gasteiger partial charge in [-0.15, -0.1) is 0 Å². The summed E-state index contributed by atoms with van der Waals surface area (Å²) in [7, 11) is 0. The molecule has 7 nitrogen and oxygen atoms in total. The summed E-state index contributed by atoms with van der Waals surface area (Å²) in [5.74, 6) is -1.42. The average molecular weight is 413 g/mol. The summed E-state index contributed by atoms with van der Waals surface area (Å²) in [6.07, 6.45) is -5.13. The van der Waals surface area contributed by atoms with Crippen molar-refractivity contribution in [3.8, 4) is 0 Å². The maximum Gasteiger partial charge on any atom is 0.390 e. The van der Waals surface area contributed by atoms with Crippen molar-refractivity contribution in [2.24, 2.45) is 5.10 Å². The molecule has 10 heteroatoms. The minimum atomic E-state index is -4.37. The molecular formula is C19H22F3N3O4. The lowest BCUT2D eigenvalue weighted by atomic mass is 9.83. The first-order valence-corrected chi connectivity index (χ1v) is 9.12. The van der Waals surface area contributed by atoms with Crippen molar-refractivity contribution in [2.45, 2.75) is 45.7 Å². The Bertz CT molecular complexity index is 849. The highest BCUT2D eigenvalue weighted by atomic mass is 19.4. The predicted molar refractivity (Wildman–Crippen MR) is 100 cm³/mol. The van der Waals surface area contributed by atoms with Crippen molar-refractivity contribution in [2.75, 3.05) is 13.2 Å². The first kappa shape index (κ1) is 22.4. The van der Waals surface area contributed by atoms with Crippen molar-refractivity contribution in [3.05, 3.63) is 51.2 Å². The van der Waals surface area contributed by atoms with Crippen LogP contribution in [0, 0.1) is 10.1 Å². The normalized spacial score (nSPS) is 17.2. The molecule has 0 spiro atoms. The van der Waals surface area contributed by atoms with Crippen LogP contribution in [0.2, 0.25) is 0 Å². The number of hydrogen-bond donors (Lipinski definition) is 0. The van der Waals surface area contributed by atoms with E-state index < -0.39 is 36.0 Å². The van der Waals surface area contributed by atoms with E-state index >= 15 is 0 Å². The number of non-ortho nitro benzene ring substituents is 1. The van der Waals surface area contributed by atoms with E-state index in [1.54, 1.807) is 19.9 Å². The Morgan fingerprint density at radius 2 is 2.03 bits per heavy atom. The van der Waals surface area contributed by atoms with E-state index in [1.165, 1.54) is 25.1 Å². The number of carbonyl (C=O) groups is 1. The molecule has 0 radical (unpaired) electrons. The van der Waals surface area contributed by atoms with Crippen LogP contribution in [0.15, 0.2) is 40.6 Å². The fourth-order valence-electron chi connectivity index (χ4n) is 3.18. The molecule has 0 fully saturated rings. The van der Waals surface area contributed by atoms with E-state index in [4.69, 9.17) is 4.74 Å². The van der Waals surface area contributed by atoms with Crippen LogP contribution in [0.3, 0.4) is 0 Å². The minimum absolute atomic E-state index is 0.0818. The van der Waals surface area contributed by atoms with Crippen LogP contribution in [0.1, 0.15) is 45.1 Å². The molecule has 158 valence electrons. The molecule has 0 N–H and O–H groups in total. The number of hydrogen-bond acceptors (Lipinski definition) is 6. The van der Waals surface area contributed by atoms with E-state index in [0.29, 0.717) is 17.7 Å². The number of hydrazone groups is 1. The molecule has 1 aromatic rings. The number of carbonyl (C=O) groups excluding carboxylic acids is 1. The zero-order valence-corrected chi connectivity index (χ0v) is 16.3. The number of benzene rings is 1. The second-order valence-electron chi connectivity index (χ2n) is 6.44. The molecule has 0 amide bonds. The lowest BCUT2D eigenvalue weighted by Crippen LogP contribution is -2.34. The molecule has 1 unspecified atom stereocenters. The quantitative estimate of drug-likeness (QED) is 0.372. The highest BCUT2D eigenvalue weighted by Crippen LogP contribution is 2.37. The van der Waals surface area contributed by atoms with Gasteiger partial charge in [0.25, 0.3) is 5.69 Å². The Hall–Kier alpha value is -2.91.